The zero-order valence-corrected chi connectivity index (χ0v) is 10.4. The quantitative estimate of drug-likeness (QED) is 0.448. The van der Waals surface area contributed by atoms with Crippen molar-refractivity contribution in [3.8, 4) is 0 Å². The molecule has 1 rings (SSSR count). The summed E-state index contributed by atoms with van der Waals surface area (Å²) >= 11 is 0. The molecule has 0 aliphatic rings. The maximum absolute atomic E-state index is 11.8. The van der Waals surface area contributed by atoms with Crippen LogP contribution in [-0.2, 0) is 16.6 Å². The van der Waals surface area contributed by atoms with Crippen molar-refractivity contribution in [1.29, 1.82) is 0 Å². The first-order valence-electron chi connectivity index (χ1n) is 5.36. The molecule has 10 heteroatoms. The minimum absolute atomic E-state index is 0.104. The first-order valence-corrected chi connectivity index (χ1v) is 5.36. The van der Waals surface area contributed by atoms with E-state index in [0.717, 1.165) is 10.6 Å². The molecular weight excluding hydrogens is 272 g/mol. The average Bonchev–Trinajstić information content (AvgIpc) is 2.69. The number of hydrogen-bond donors (Lipinski definition) is 3. The fourth-order valence-electron chi connectivity index (χ4n) is 1.55. The summed E-state index contributed by atoms with van der Waals surface area (Å²) < 4.78 is 0.999. The zero-order chi connectivity index (χ0) is 15.4. The molecule has 0 saturated heterocycles. The van der Waals surface area contributed by atoms with E-state index >= 15 is 0 Å². The lowest BCUT2D eigenvalue weighted by Gasteiger charge is -2.11. The van der Waals surface area contributed by atoms with Gasteiger partial charge in [0.1, 0.15) is 6.04 Å². The molecule has 2 amide bonds. The van der Waals surface area contributed by atoms with Gasteiger partial charge in [-0.05, 0) is 11.0 Å². The molecule has 0 saturated carbocycles. The summed E-state index contributed by atoms with van der Waals surface area (Å²) in [6, 6.07) is 0.795. The van der Waals surface area contributed by atoms with Gasteiger partial charge < -0.3 is 26.3 Å². The summed E-state index contributed by atoms with van der Waals surface area (Å²) in [6.07, 6.45) is -0.576. The second-order valence-electron chi connectivity index (χ2n) is 3.93. The second-order valence-corrected chi connectivity index (χ2v) is 3.93. The minimum atomic E-state index is -1.49. The first kappa shape index (κ1) is 15.1. The second kappa shape index (κ2) is 5.82. The number of primary amides is 1. The van der Waals surface area contributed by atoms with Crippen LogP contribution in [0.15, 0.2) is 12.1 Å². The highest BCUT2D eigenvalue weighted by Crippen LogP contribution is 2.15. The predicted molar refractivity (Wildman–Crippen MR) is 64.8 cm³/mol. The standard InChI is InChI=1S/C10H12N4O6/c1-13-6(2-3-8(13)14(19)20)9(16)12-5(10(17)18)4-7(11)15/h2-3,5H,4H2,1H3,(H2,11,15)(H,12,16)(H,17,18)/t5-/m0/s1. The largest absolute Gasteiger partial charge is 0.480 e. The number of amides is 2. The molecule has 0 fully saturated rings. The Labute approximate surface area is 112 Å². The van der Waals surface area contributed by atoms with Crippen molar-refractivity contribution in [3.63, 3.8) is 0 Å². The van der Waals surface area contributed by atoms with Crippen LogP contribution in [0.5, 0.6) is 0 Å². The van der Waals surface area contributed by atoms with E-state index in [-0.39, 0.29) is 11.5 Å². The number of carboxylic acids is 1. The summed E-state index contributed by atoms with van der Waals surface area (Å²) in [7, 11) is 1.29. The summed E-state index contributed by atoms with van der Waals surface area (Å²) in [5.41, 5.74) is 4.77. The molecule has 1 aromatic heterocycles. The Morgan fingerprint density at radius 1 is 1.50 bits per heavy atom. The number of carbonyl (C=O) groups excluding carboxylic acids is 2. The van der Waals surface area contributed by atoms with E-state index in [0.29, 0.717) is 0 Å². The topological polar surface area (TPSA) is 158 Å². The van der Waals surface area contributed by atoms with Crippen molar-refractivity contribution < 1.29 is 24.4 Å². The van der Waals surface area contributed by atoms with Gasteiger partial charge >= 0.3 is 11.8 Å². The number of carbonyl (C=O) groups is 3. The molecule has 0 aromatic carbocycles. The molecule has 4 N–H and O–H groups in total. The maximum atomic E-state index is 11.8. The van der Waals surface area contributed by atoms with Crippen molar-refractivity contribution >= 4 is 23.6 Å². The lowest BCUT2D eigenvalue weighted by atomic mass is 10.2. The van der Waals surface area contributed by atoms with Gasteiger partial charge in [-0.1, -0.05) is 0 Å². The third-order valence-electron chi connectivity index (χ3n) is 2.52. The Balaban J connectivity index is 2.92. The fourth-order valence-corrected chi connectivity index (χ4v) is 1.55. The number of nitrogens with one attached hydrogen (secondary N) is 1. The van der Waals surface area contributed by atoms with Gasteiger partial charge in [0.2, 0.25) is 5.91 Å². The van der Waals surface area contributed by atoms with Gasteiger partial charge in [0.25, 0.3) is 5.91 Å². The van der Waals surface area contributed by atoms with Crippen LogP contribution >= 0.6 is 0 Å². The van der Waals surface area contributed by atoms with E-state index in [1.165, 1.54) is 13.1 Å². The number of aromatic nitrogens is 1. The SMILES string of the molecule is Cn1c(C(=O)N[C@@H](CC(N)=O)C(=O)O)ccc1[N+](=O)[O-]. The number of nitrogens with two attached hydrogens (primary N) is 1. The van der Waals surface area contributed by atoms with Crippen LogP contribution < -0.4 is 11.1 Å². The Bertz CT molecular complexity index is 578. The van der Waals surface area contributed by atoms with Crippen molar-refractivity contribution in [2.24, 2.45) is 12.8 Å². The summed E-state index contributed by atoms with van der Waals surface area (Å²) in [5.74, 6) is -3.50. The van der Waals surface area contributed by atoms with Crippen LogP contribution in [0.2, 0.25) is 0 Å². The summed E-state index contributed by atoms with van der Waals surface area (Å²) in [5, 5.41) is 21.5. The van der Waals surface area contributed by atoms with Gasteiger partial charge in [-0.15, -0.1) is 0 Å². The average molecular weight is 284 g/mol. The van der Waals surface area contributed by atoms with E-state index < -0.39 is 35.2 Å². The van der Waals surface area contributed by atoms with Crippen LogP contribution in [0.25, 0.3) is 0 Å². The van der Waals surface area contributed by atoms with Gasteiger partial charge in [-0.3, -0.25) is 9.59 Å². The number of aliphatic carboxylic acids is 1. The molecule has 108 valence electrons. The maximum Gasteiger partial charge on any atom is 0.326 e. The smallest absolute Gasteiger partial charge is 0.326 e. The van der Waals surface area contributed by atoms with Crippen LogP contribution in [0.1, 0.15) is 16.9 Å². The number of carboxylic acid groups (broad SMARTS) is 1. The van der Waals surface area contributed by atoms with Crippen LogP contribution in [0, 0.1) is 10.1 Å². The number of rotatable bonds is 6. The predicted octanol–water partition coefficient (Wildman–Crippen LogP) is -1.01. The fraction of sp³-hybridized carbons (Fsp3) is 0.300. The van der Waals surface area contributed by atoms with Crippen LogP contribution in [-0.4, -0.2) is 38.4 Å². The molecule has 1 aromatic rings. The van der Waals surface area contributed by atoms with Crippen LogP contribution in [0.3, 0.4) is 0 Å². The van der Waals surface area contributed by atoms with E-state index in [9.17, 15) is 24.5 Å². The van der Waals surface area contributed by atoms with E-state index in [1.54, 1.807) is 0 Å². The van der Waals surface area contributed by atoms with E-state index in [4.69, 9.17) is 10.8 Å². The number of nitrogens with zero attached hydrogens (tertiary/aromatic N) is 2. The third-order valence-corrected chi connectivity index (χ3v) is 2.52. The molecule has 1 atom stereocenters. The lowest BCUT2D eigenvalue weighted by Crippen LogP contribution is -2.43. The monoisotopic (exact) mass is 284 g/mol. The Morgan fingerprint density at radius 3 is 2.50 bits per heavy atom. The zero-order valence-electron chi connectivity index (χ0n) is 10.4. The lowest BCUT2D eigenvalue weighted by molar-refractivity contribution is -0.391. The van der Waals surface area contributed by atoms with Gasteiger partial charge in [0.05, 0.1) is 13.5 Å². The molecular formula is C10H12N4O6. The Hall–Kier alpha value is -2.91. The third kappa shape index (κ3) is 3.31. The van der Waals surface area contributed by atoms with E-state index in [2.05, 4.69) is 5.32 Å². The van der Waals surface area contributed by atoms with Gasteiger partial charge in [-0.25, -0.2) is 9.36 Å². The number of nitro groups is 1. The van der Waals surface area contributed by atoms with Crippen molar-refractivity contribution in [1.82, 2.24) is 9.88 Å². The molecule has 0 aliphatic heterocycles. The van der Waals surface area contributed by atoms with E-state index in [1.807, 2.05) is 0 Å². The van der Waals surface area contributed by atoms with Crippen molar-refractivity contribution in [2.45, 2.75) is 12.5 Å². The van der Waals surface area contributed by atoms with Crippen molar-refractivity contribution in [3.05, 3.63) is 27.9 Å². The highest BCUT2D eigenvalue weighted by atomic mass is 16.6. The molecule has 20 heavy (non-hydrogen) atoms. The van der Waals surface area contributed by atoms with Crippen LogP contribution in [0.4, 0.5) is 5.82 Å². The molecule has 10 nitrogen and oxygen atoms in total. The normalized spacial score (nSPS) is 11.7. The molecule has 0 unspecified atom stereocenters. The molecule has 0 aliphatic carbocycles. The van der Waals surface area contributed by atoms with Gasteiger partial charge in [-0.2, -0.15) is 0 Å². The first-order chi connectivity index (χ1) is 9.23. The molecule has 0 spiro atoms. The minimum Gasteiger partial charge on any atom is -0.480 e. The molecule has 0 radical (unpaired) electrons. The molecule has 1 heterocycles. The number of hydrogen-bond acceptors (Lipinski definition) is 5. The summed E-state index contributed by atoms with van der Waals surface area (Å²) in [6.45, 7) is 0. The molecule has 0 bridgehead atoms. The highest BCUT2D eigenvalue weighted by Gasteiger charge is 2.26. The Kier molecular flexibility index (Phi) is 4.41. The van der Waals surface area contributed by atoms with Gasteiger partial charge in [0.15, 0.2) is 5.69 Å². The van der Waals surface area contributed by atoms with Gasteiger partial charge in [0, 0.05) is 6.07 Å². The van der Waals surface area contributed by atoms with Crippen molar-refractivity contribution in [2.75, 3.05) is 0 Å². The highest BCUT2D eigenvalue weighted by molar-refractivity contribution is 5.96. The Morgan fingerprint density at radius 2 is 2.10 bits per heavy atom. The summed E-state index contributed by atoms with van der Waals surface area (Å²) in [4.78, 5) is 43.3.